The molecule has 0 bridgehead atoms. The second-order valence-corrected chi connectivity index (χ2v) is 7.65. The average molecular weight is 433 g/mol. The monoisotopic (exact) mass is 433 g/mol. The number of ether oxygens (including phenoxy) is 1. The predicted octanol–water partition coefficient (Wildman–Crippen LogP) is 5.05. The number of aromatic amines is 1. The van der Waals surface area contributed by atoms with Crippen molar-refractivity contribution < 1.29 is 19.0 Å². The minimum absolute atomic E-state index is 0.160. The quantitative estimate of drug-likeness (QED) is 0.446. The van der Waals surface area contributed by atoms with Crippen LogP contribution in [-0.2, 0) is 6.54 Å². The van der Waals surface area contributed by atoms with Crippen LogP contribution in [0.3, 0.4) is 0 Å². The summed E-state index contributed by atoms with van der Waals surface area (Å²) in [6.45, 7) is 4.37. The summed E-state index contributed by atoms with van der Waals surface area (Å²) in [7, 11) is 1.70. The van der Waals surface area contributed by atoms with E-state index in [4.69, 9.17) is 4.74 Å². The fourth-order valence-corrected chi connectivity index (χ4v) is 3.80. The van der Waals surface area contributed by atoms with Crippen LogP contribution >= 0.6 is 0 Å². The maximum Gasteiger partial charge on any atom is 0.254 e. The molecular weight excluding hydrogens is 409 g/mol. The van der Waals surface area contributed by atoms with Crippen LogP contribution in [0, 0.1) is 12.7 Å². The number of nitrogens with zero attached hydrogens (tertiary/aromatic N) is 2. The number of rotatable bonds is 6. The molecule has 1 aromatic heterocycles. The van der Waals surface area contributed by atoms with Gasteiger partial charge in [-0.05, 0) is 55.8 Å². The van der Waals surface area contributed by atoms with Crippen molar-refractivity contribution in [2.75, 3.05) is 13.7 Å². The van der Waals surface area contributed by atoms with Crippen molar-refractivity contribution in [3.05, 3.63) is 77.2 Å². The summed E-state index contributed by atoms with van der Waals surface area (Å²) in [5, 5.41) is 18.1. The van der Waals surface area contributed by atoms with E-state index in [-0.39, 0.29) is 24.0 Å². The van der Waals surface area contributed by atoms with Crippen LogP contribution in [0.25, 0.3) is 22.0 Å². The van der Waals surface area contributed by atoms with E-state index in [1.165, 1.54) is 12.1 Å². The van der Waals surface area contributed by atoms with Crippen molar-refractivity contribution in [3.63, 3.8) is 0 Å². The number of phenols is 1. The van der Waals surface area contributed by atoms with Crippen molar-refractivity contribution in [2.24, 2.45) is 0 Å². The zero-order valence-corrected chi connectivity index (χ0v) is 18.1. The lowest BCUT2D eigenvalue weighted by molar-refractivity contribution is 0.0785. The van der Waals surface area contributed by atoms with E-state index < -0.39 is 0 Å². The first-order valence-corrected chi connectivity index (χ1v) is 10.3. The predicted molar refractivity (Wildman–Crippen MR) is 121 cm³/mol. The number of phenolic OH excluding ortho intramolecular Hbond substituents is 1. The highest BCUT2D eigenvalue weighted by molar-refractivity contribution is 5.96. The van der Waals surface area contributed by atoms with E-state index in [0.717, 1.165) is 22.0 Å². The Labute approximate surface area is 185 Å². The van der Waals surface area contributed by atoms with Gasteiger partial charge < -0.3 is 14.7 Å². The number of fused-ring (bicyclic) bond motifs is 1. The van der Waals surface area contributed by atoms with E-state index in [2.05, 4.69) is 10.2 Å². The van der Waals surface area contributed by atoms with Crippen LogP contribution < -0.4 is 4.74 Å². The van der Waals surface area contributed by atoms with Gasteiger partial charge in [0.15, 0.2) is 0 Å². The highest BCUT2D eigenvalue weighted by atomic mass is 19.1. The van der Waals surface area contributed by atoms with Gasteiger partial charge >= 0.3 is 0 Å². The van der Waals surface area contributed by atoms with E-state index in [1.807, 2.05) is 13.8 Å². The summed E-state index contributed by atoms with van der Waals surface area (Å²) in [6.07, 6.45) is 1.66. The van der Waals surface area contributed by atoms with Gasteiger partial charge in [0.05, 0.1) is 18.3 Å². The first-order chi connectivity index (χ1) is 15.4. The molecule has 0 saturated carbocycles. The normalized spacial score (nSPS) is 11.0. The van der Waals surface area contributed by atoms with Crippen LogP contribution in [0.15, 0.2) is 54.7 Å². The van der Waals surface area contributed by atoms with Crippen molar-refractivity contribution in [3.8, 4) is 22.6 Å². The second-order valence-electron chi connectivity index (χ2n) is 7.65. The number of hydrogen-bond donors (Lipinski definition) is 2. The minimum Gasteiger partial charge on any atom is -0.508 e. The number of aromatic hydroxyl groups is 1. The summed E-state index contributed by atoms with van der Waals surface area (Å²) in [5.74, 6) is 0.134. The summed E-state index contributed by atoms with van der Waals surface area (Å²) >= 11 is 0. The lowest BCUT2D eigenvalue weighted by Crippen LogP contribution is -2.26. The number of H-pyrrole nitrogens is 1. The maximum atomic E-state index is 13.7. The Bertz CT molecular complexity index is 1300. The number of carbonyl (C=O) groups is 1. The van der Waals surface area contributed by atoms with E-state index in [0.29, 0.717) is 29.0 Å². The van der Waals surface area contributed by atoms with Gasteiger partial charge in [0.25, 0.3) is 5.91 Å². The number of aryl methyl sites for hydroxylation is 1. The number of aromatic nitrogens is 2. The number of amides is 1. The first-order valence-electron chi connectivity index (χ1n) is 10.3. The van der Waals surface area contributed by atoms with Crippen molar-refractivity contribution in [1.82, 2.24) is 15.1 Å². The Hall–Kier alpha value is -3.87. The molecule has 0 spiro atoms. The van der Waals surface area contributed by atoms with Gasteiger partial charge in [-0.25, -0.2) is 4.39 Å². The largest absolute Gasteiger partial charge is 0.508 e. The number of carbonyl (C=O) groups excluding carboxylic acids is 1. The Morgan fingerprint density at radius 3 is 2.78 bits per heavy atom. The van der Waals surface area contributed by atoms with Crippen LogP contribution in [-0.4, -0.2) is 39.8 Å². The van der Waals surface area contributed by atoms with Crippen molar-refractivity contribution >= 4 is 16.8 Å². The molecule has 0 radical (unpaired) electrons. The van der Waals surface area contributed by atoms with E-state index in [1.54, 1.807) is 54.5 Å². The molecule has 0 aliphatic heterocycles. The van der Waals surface area contributed by atoms with Crippen molar-refractivity contribution in [2.45, 2.75) is 20.4 Å². The third-order valence-corrected chi connectivity index (χ3v) is 5.48. The standard InChI is InChI=1S/C25H24FN3O3/c1-4-32-23-12-17(8-9-20(23)16-6-5-7-19(26)10-16)25(31)29(3)14-18-11-22(30)15(2)21-13-27-28-24(18)21/h5-13,30H,4,14H2,1-3H3,(H,27,28). The van der Waals surface area contributed by atoms with Gasteiger partial charge in [0, 0.05) is 41.2 Å². The zero-order chi connectivity index (χ0) is 22.8. The smallest absolute Gasteiger partial charge is 0.254 e. The number of benzene rings is 3. The molecule has 32 heavy (non-hydrogen) atoms. The molecule has 0 fully saturated rings. The molecule has 0 unspecified atom stereocenters. The van der Waals surface area contributed by atoms with Crippen LogP contribution in [0.5, 0.6) is 11.5 Å². The van der Waals surface area contributed by atoms with E-state index >= 15 is 0 Å². The molecule has 164 valence electrons. The maximum absolute atomic E-state index is 13.7. The Kier molecular flexibility index (Phi) is 5.81. The van der Waals surface area contributed by atoms with Gasteiger partial charge in [-0.1, -0.05) is 12.1 Å². The Morgan fingerprint density at radius 1 is 1.22 bits per heavy atom. The summed E-state index contributed by atoms with van der Waals surface area (Å²) < 4.78 is 19.5. The summed E-state index contributed by atoms with van der Waals surface area (Å²) in [4.78, 5) is 14.7. The Balaban J connectivity index is 1.64. The molecule has 4 aromatic rings. The molecule has 3 aromatic carbocycles. The molecule has 2 N–H and O–H groups in total. The number of halogens is 1. The second kappa shape index (κ2) is 8.70. The van der Waals surface area contributed by atoms with Gasteiger partial charge in [-0.2, -0.15) is 5.10 Å². The third kappa shape index (κ3) is 4.01. The lowest BCUT2D eigenvalue weighted by atomic mass is 10.0. The fraction of sp³-hybridized carbons (Fsp3) is 0.200. The van der Waals surface area contributed by atoms with Crippen LogP contribution in [0.2, 0.25) is 0 Å². The molecule has 6 nitrogen and oxygen atoms in total. The minimum atomic E-state index is -0.337. The number of hydrogen-bond acceptors (Lipinski definition) is 4. The fourth-order valence-electron chi connectivity index (χ4n) is 3.80. The highest BCUT2D eigenvalue weighted by Gasteiger charge is 2.18. The zero-order valence-electron chi connectivity index (χ0n) is 18.1. The van der Waals surface area contributed by atoms with Gasteiger partial charge in [-0.3, -0.25) is 9.89 Å². The summed E-state index contributed by atoms with van der Waals surface area (Å²) in [6, 6.07) is 13.1. The van der Waals surface area contributed by atoms with Crippen molar-refractivity contribution in [1.29, 1.82) is 0 Å². The Morgan fingerprint density at radius 2 is 2.03 bits per heavy atom. The summed E-state index contributed by atoms with van der Waals surface area (Å²) in [5.41, 5.74) is 4.13. The molecule has 0 atom stereocenters. The number of nitrogens with one attached hydrogen (secondary N) is 1. The van der Waals surface area contributed by atoms with Crippen LogP contribution in [0.1, 0.15) is 28.4 Å². The molecule has 1 amide bonds. The first kappa shape index (κ1) is 21.4. The third-order valence-electron chi connectivity index (χ3n) is 5.48. The molecule has 7 heteroatoms. The van der Waals surface area contributed by atoms with Crippen LogP contribution in [0.4, 0.5) is 4.39 Å². The molecule has 1 heterocycles. The average Bonchev–Trinajstić information content (AvgIpc) is 3.27. The topological polar surface area (TPSA) is 78.4 Å². The highest BCUT2D eigenvalue weighted by Crippen LogP contribution is 2.33. The van der Waals surface area contributed by atoms with Gasteiger partial charge in [0.2, 0.25) is 0 Å². The molecule has 0 aliphatic carbocycles. The lowest BCUT2D eigenvalue weighted by Gasteiger charge is -2.20. The molecule has 0 aliphatic rings. The molecule has 0 saturated heterocycles. The SMILES string of the molecule is CCOc1cc(C(=O)N(C)Cc2cc(O)c(C)c3cn[nH]c23)ccc1-c1cccc(F)c1. The molecule has 4 rings (SSSR count). The molecular formula is C25H24FN3O3. The van der Waals surface area contributed by atoms with E-state index in [9.17, 15) is 14.3 Å². The van der Waals surface area contributed by atoms with Gasteiger partial charge in [0.1, 0.15) is 17.3 Å². The van der Waals surface area contributed by atoms with Gasteiger partial charge in [-0.15, -0.1) is 0 Å².